The average Bonchev–Trinajstić information content (AvgIpc) is 3.11. The van der Waals surface area contributed by atoms with Gasteiger partial charge in [-0.3, -0.25) is 4.79 Å². The van der Waals surface area contributed by atoms with E-state index in [4.69, 9.17) is 9.15 Å². The Balaban J connectivity index is 1.60. The molecule has 5 nitrogen and oxygen atoms in total. The normalized spacial score (nSPS) is 10.7. The zero-order chi connectivity index (χ0) is 18.8. The molecule has 0 aliphatic heterocycles. The number of anilines is 1. The topological polar surface area (TPSA) is 64.4 Å². The van der Waals surface area contributed by atoms with Crippen molar-refractivity contribution in [3.05, 3.63) is 78.1 Å². The Hall–Kier alpha value is -3.67. The number of fused-ring (bicyclic) bond motifs is 1. The number of rotatable bonds is 4. The van der Waals surface area contributed by atoms with Crippen molar-refractivity contribution in [3.63, 3.8) is 0 Å². The Kier molecular flexibility index (Phi) is 4.30. The number of nitrogens with one attached hydrogen (secondary N) is 1. The lowest BCUT2D eigenvalue weighted by atomic mass is 10.2. The number of carbonyl (C=O) groups is 1. The number of methoxy groups -OCH3 is 1. The molecule has 1 N–H and O–H groups in total. The summed E-state index contributed by atoms with van der Waals surface area (Å²) in [7, 11) is 1.55. The van der Waals surface area contributed by atoms with Gasteiger partial charge in [0, 0.05) is 16.8 Å². The van der Waals surface area contributed by atoms with Crippen molar-refractivity contribution in [1.29, 1.82) is 0 Å². The van der Waals surface area contributed by atoms with Crippen molar-refractivity contribution in [1.82, 2.24) is 4.98 Å². The quantitative estimate of drug-likeness (QED) is 0.561. The van der Waals surface area contributed by atoms with Crippen molar-refractivity contribution >= 4 is 22.7 Å². The Morgan fingerprint density at radius 2 is 1.93 bits per heavy atom. The van der Waals surface area contributed by atoms with Crippen molar-refractivity contribution in [2.45, 2.75) is 0 Å². The SMILES string of the molecule is COc1cccc(C(=O)Nc2ccc3oc(-c4cccc(F)c4)nc3c2)c1. The van der Waals surface area contributed by atoms with E-state index in [0.29, 0.717) is 39.6 Å². The van der Waals surface area contributed by atoms with E-state index in [9.17, 15) is 9.18 Å². The zero-order valence-corrected chi connectivity index (χ0v) is 14.4. The minimum Gasteiger partial charge on any atom is -0.497 e. The van der Waals surface area contributed by atoms with Crippen LogP contribution in [0.5, 0.6) is 5.75 Å². The van der Waals surface area contributed by atoms with Gasteiger partial charge in [0.05, 0.1) is 7.11 Å². The van der Waals surface area contributed by atoms with E-state index >= 15 is 0 Å². The maximum absolute atomic E-state index is 13.4. The summed E-state index contributed by atoms with van der Waals surface area (Å²) in [4.78, 5) is 16.8. The average molecular weight is 362 g/mol. The van der Waals surface area contributed by atoms with Crippen LogP contribution in [0.25, 0.3) is 22.6 Å². The molecule has 0 saturated heterocycles. The van der Waals surface area contributed by atoms with Crippen molar-refractivity contribution in [2.24, 2.45) is 0 Å². The standard InChI is InChI=1S/C21H15FN2O3/c1-26-17-7-3-4-13(11-17)20(25)23-16-8-9-19-18(12-16)24-21(27-19)14-5-2-6-15(22)10-14/h2-12H,1H3,(H,23,25). The zero-order valence-electron chi connectivity index (χ0n) is 14.4. The van der Waals surface area contributed by atoms with Crippen molar-refractivity contribution in [3.8, 4) is 17.2 Å². The first-order chi connectivity index (χ1) is 13.1. The molecular formula is C21H15FN2O3. The molecule has 4 aromatic rings. The number of ether oxygens (including phenoxy) is 1. The van der Waals surface area contributed by atoms with Crippen LogP contribution in [0.15, 0.2) is 71.1 Å². The number of benzene rings is 3. The van der Waals surface area contributed by atoms with Crippen LogP contribution < -0.4 is 10.1 Å². The van der Waals surface area contributed by atoms with Crippen molar-refractivity contribution in [2.75, 3.05) is 12.4 Å². The number of amides is 1. The van der Waals surface area contributed by atoms with Crippen LogP contribution in [0.1, 0.15) is 10.4 Å². The van der Waals surface area contributed by atoms with Gasteiger partial charge in [0.25, 0.3) is 5.91 Å². The van der Waals surface area contributed by atoms with Crippen molar-refractivity contribution < 1.29 is 18.3 Å². The lowest BCUT2D eigenvalue weighted by molar-refractivity contribution is 0.102. The lowest BCUT2D eigenvalue weighted by Crippen LogP contribution is -2.11. The number of aromatic nitrogens is 1. The fourth-order valence-corrected chi connectivity index (χ4v) is 2.72. The third-order valence-electron chi connectivity index (χ3n) is 4.05. The summed E-state index contributed by atoms with van der Waals surface area (Å²) >= 11 is 0. The summed E-state index contributed by atoms with van der Waals surface area (Å²) in [5.74, 6) is 0.304. The third kappa shape index (κ3) is 3.50. The molecule has 0 unspecified atom stereocenters. The fourth-order valence-electron chi connectivity index (χ4n) is 2.72. The summed E-state index contributed by atoms with van der Waals surface area (Å²) in [5, 5.41) is 2.82. The molecule has 1 amide bonds. The Bertz CT molecular complexity index is 1140. The molecule has 1 aromatic heterocycles. The molecule has 0 aliphatic rings. The number of oxazole rings is 1. The van der Waals surface area contributed by atoms with Crippen LogP contribution in [0.4, 0.5) is 10.1 Å². The molecule has 0 atom stereocenters. The Morgan fingerprint density at radius 3 is 2.74 bits per heavy atom. The van der Waals surface area contributed by atoms with Crippen LogP contribution in [0.2, 0.25) is 0 Å². The lowest BCUT2D eigenvalue weighted by Gasteiger charge is -2.06. The first-order valence-corrected chi connectivity index (χ1v) is 8.24. The second-order valence-electron chi connectivity index (χ2n) is 5.90. The van der Waals surface area contributed by atoms with E-state index in [-0.39, 0.29) is 11.7 Å². The minimum atomic E-state index is -0.360. The molecule has 3 aromatic carbocycles. The highest BCUT2D eigenvalue weighted by atomic mass is 19.1. The summed E-state index contributed by atoms with van der Waals surface area (Å²) in [6, 6.07) is 18.1. The predicted molar refractivity (Wildman–Crippen MR) is 100 cm³/mol. The molecule has 6 heteroatoms. The largest absolute Gasteiger partial charge is 0.497 e. The minimum absolute atomic E-state index is 0.262. The highest BCUT2D eigenvalue weighted by molar-refractivity contribution is 6.05. The highest BCUT2D eigenvalue weighted by Gasteiger charge is 2.12. The maximum atomic E-state index is 13.4. The van der Waals surface area contributed by atoms with Crippen LogP contribution in [0, 0.1) is 5.82 Å². The second kappa shape index (κ2) is 6.92. The number of hydrogen-bond donors (Lipinski definition) is 1. The van der Waals surface area contributed by atoms with E-state index in [1.54, 1.807) is 61.7 Å². The highest BCUT2D eigenvalue weighted by Crippen LogP contribution is 2.27. The Morgan fingerprint density at radius 1 is 1.07 bits per heavy atom. The first kappa shape index (κ1) is 16.8. The van der Waals surface area contributed by atoms with E-state index in [1.165, 1.54) is 12.1 Å². The van der Waals surface area contributed by atoms with Gasteiger partial charge in [-0.15, -0.1) is 0 Å². The third-order valence-corrected chi connectivity index (χ3v) is 4.05. The molecule has 0 bridgehead atoms. The molecule has 1 heterocycles. The molecule has 134 valence electrons. The number of halogens is 1. The summed E-state index contributed by atoms with van der Waals surface area (Å²) < 4.78 is 24.2. The van der Waals surface area contributed by atoms with E-state index in [0.717, 1.165) is 0 Å². The van der Waals surface area contributed by atoms with Gasteiger partial charge in [-0.2, -0.15) is 0 Å². The van der Waals surface area contributed by atoms with Gasteiger partial charge < -0.3 is 14.5 Å². The number of carbonyl (C=O) groups excluding carboxylic acids is 1. The number of hydrogen-bond acceptors (Lipinski definition) is 4. The second-order valence-corrected chi connectivity index (χ2v) is 5.90. The molecule has 0 spiro atoms. The number of nitrogens with zero attached hydrogens (tertiary/aromatic N) is 1. The van der Waals surface area contributed by atoms with E-state index in [2.05, 4.69) is 10.3 Å². The van der Waals surface area contributed by atoms with Gasteiger partial charge in [0.1, 0.15) is 17.1 Å². The van der Waals surface area contributed by atoms with Gasteiger partial charge in [-0.25, -0.2) is 9.37 Å². The van der Waals surface area contributed by atoms with Crippen LogP contribution in [0.3, 0.4) is 0 Å². The van der Waals surface area contributed by atoms with E-state index < -0.39 is 0 Å². The first-order valence-electron chi connectivity index (χ1n) is 8.24. The van der Waals surface area contributed by atoms with E-state index in [1.807, 2.05) is 0 Å². The van der Waals surface area contributed by atoms with Gasteiger partial charge >= 0.3 is 0 Å². The summed E-state index contributed by atoms with van der Waals surface area (Å²) in [6.45, 7) is 0. The summed E-state index contributed by atoms with van der Waals surface area (Å²) in [5.41, 5.74) is 2.73. The molecule has 4 rings (SSSR count). The molecule has 0 radical (unpaired) electrons. The molecule has 0 saturated carbocycles. The monoisotopic (exact) mass is 362 g/mol. The molecule has 0 aliphatic carbocycles. The van der Waals surface area contributed by atoms with Gasteiger partial charge in [0.2, 0.25) is 5.89 Å². The smallest absolute Gasteiger partial charge is 0.255 e. The van der Waals surface area contributed by atoms with Gasteiger partial charge in [-0.1, -0.05) is 12.1 Å². The fraction of sp³-hybridized carbons (Fsp3) is 0.0476. The molecule has 27 heavy (non-hydrogen) atoms. The molecule has 0 fully saturated rings. The van der Waals surface area contributed by atoms with Gasteiger partial charge in [-0.05, 0) is 54.6 Å². The van der Waals surface area contributed by atoms with Crippen LogP contribution in [-0.4, -0.2) is 18.0 Å². The van der Waals surface area contributed by atoms with Gasteiger partial charge in [0.15, 0.2) is 5.58 Å². The summed E-state index contributed by atoms with van der Waals surface area (Å²) in [6.07, 6.45) is 0. The maximum Gasteiger partial charge on any atom is 0.255 e. The predicted octanol–water partition coefficient (Wildman–Crippen LogP) is 4.89. The Labute approximate surface area is 154 Å². The molecular weight excluding hydrogens is 347 g/mol. The van der Waals surface area contributed by atoms with Crippen LogP contribution >= 0.6 is 0 Å². The van der Waals surface area contributed by atoms with Crippen LogP contribution in [-0.2, 0) is 0 Å².